The molecule has 0 aromatic carbocycles. The van der Waals surface area contributed by atoms with Crippen LogP contribution in [0.15, 0.2) is 6.20 Å². The van der Waals surface area contributed by atoms with E-state index in [1.54, 1.807) is 11.3 Å². The van der Waals surface area contributed by atoms with Gasteiger partial charge in [0.1, 0.15) is 0 Å². The number of thiazole rings is 1. The van der Waals surface area contributed by atoms with E-state index >= 15 is 0 Å². The SMILES string of the molecule is CNC(C)c1cnc(N(C)CC2CCCCO2)s1. The van der Waals surface area contributed by atoms with E-state index in [-0.39, 0.29) is 0 Å². The fourth-order valence-corrected chi connectivity index (χ4v) is 3.08. The minimum atomic E-state index is 0.371. The number of likely N-dealkylation sites (N-methyl/N-ethyl adjacent to an activating group) is 1. The lowest BCUT2D eigenvalue weighted by molar-refractivity contribution is 0.0216. The highest BCUT2D eigenvalue weighted by Crippen LogP contribution is 2.27. The summed E-state index contributed by atoms with van der Waals surface area (Å²) in [6.45, 7) is 4.01. The van der Waals surface area contributed by atoms with E-state index in [1.165, 1.54) is 24.1 Å². The molecule has 0 amide bonds. The molecule has 1 aromatic heterocycles. The molecule has 1 saturated heterocycles. The van der Waals surface area contributed by atoms with Crippen LogP contribution in [0.1, 0.15) is 37.1 Å². The molecule has 2 unspecified atom stereocenters. The second-order valence-electron chi connectivity index (χ2n) is 4.92. The van der Waals surface area contributed by atoms with Crippen molar-refractivity contribution in [2.24, 2.45) is 0 Å². The van der Waals surface area contributed by atoms with Gasteiger partial charge in [-0.2, -0.15) is 0 Å². The van der Waals surface area contributed by atoms with Gasteiger partial charge in [0, 0.05) is 37.3 Å². The zero-order chi connectivity index (χ0) is 13.0. The van der Waals surface area contributed by atoms with Crippen LogP contribution in [0.4, 0.5) is 5.13 Å². The standard InChI is InChI=1S/C13H23N3OS/c1-10(14-2)12-8-15-13(18-12)16(3)9-11-6-4-5-7-17-11/h8,10-11,14H,4-7,9H2,1-3H3. The summed E-state index contributed by atoms with van der Waals surface area (Å²) in [7, 11) is 4.08. The van der Waals surface area contributed by atoms with E-state index in [2.05, 4.69) is 29.2 Å². The number of aromatic nitrogens is 1. The highest BCUT2D eigenvalue weighted by Gasteiger charge is 2.18. The molecular formula is C13H23N3OS. The first-order chi connectivity index (χ1) is 8.70. The normalized spacial score (nSPS) is 21.8. The first-order valence-corrected chi connectivity index (χ1v) is 7.48. The second-order valence-corrected chi connectivity index (χ2v) is 5.97. The average molecular weight is 269 g/mol. The van der Waals surface area contributed by atoms with E-state index < -0.39 is 0 Å². The van der Waals surface area contributed by atoms with E-state index in [1.807, 2.05) is 13.2 Å². The molecule has 1 fully saturated rings. The lowest BCUT2D eigenvalue weighted by atomic mass is 10.1. The molecule has 1 aliphatic heterocycles. The maximum Gasteiger partial charge on any atom is 0.185 e. The van der Waals surface area contributed by atoms with Crippen LogP contribution in [-0.2, 0) is 4.74 Å². The smallest absolute Gasteiger partial charge is 0.185 e. The zero-order valence-electron chi connectivity index (χ0n) is 11.5. The van der Waals surface area contributed by atoms with Gasteiger partial charge < -0.3 is 15.0 Å². The first kappa shape index (κ1) is 13.8. The number of hydrogen-bond acceptors (Lipinski definition) is 5. The van der Waals surface area contributed by atoms with E-state index in [0.717, 1.165) is 18.3 Å². The Morgan fingerprint density at radius 1 is 1.61 bits per heavy atom. The number of nitrogens with zero attached hydrogens (tertiary/aromatic N) is 2. The molecule has 0 spiro atoms. The van der Waals surface area contributed by atoms with Crippen molar-refractivity contribution in [3.63, 3.8) is 0 Å². The summed E-state index contributed by atoms with van der Waals surface area (Å²) in [6, 6.07) is 0.371. The van der Waals surface area contributed by atoms with Crippen LogP contribution in [0.25, 0.3) is 0 Å². The Morgan fingerprint density at radius 2 is 2.44 bits per heavy atom. The Balaban J connectivity index is 1.91. The zero-order valence-corrected chi connectivity index (χ0v) is 12.3. The average Bonchev–Trinajstić information content (AvgIpc) is 2.88. The summed E-state index contributed by atoms with van der Waals surface area (Å²) in [5.74, 6) is 0. The summed E-state index contributed by atoms with van der Waals surface area (Å²) < 4.78 is 5.77. The van der Waals surface area contributed by atoms with E-state index in [9.17, 15) is 0 Å². The van der Waals surface area contributed by atoms with Crippen molar-refractivity contribution in [2.75, 3.05) is 32.1 Å². The molecule has 2 atom stereocenters. The Morgan fingerprint density at radius 3 is 3.11 bits per heavy atom. The number of rotatable bonds is 5. The van der Waals surface area contributed by atoms with Gasteiger partial charge in [-0.15, -0.1) is 11.3 Å². The molecule has 102 valence electrons. The molecule has 0 saturated carbocycles. The molecule has 4 nitrogen and oxygen atoms in total. The third kappa shape index (κ3) is 3.43. The monoisotopic (exact) mass is 269 g/mol. The molecule has 18 heavy (non-hydrogen) atoms. The van der Waals surface area contributed by atoms with E-state index in [4.69, 9.17) is 4.74 Å². The Hall–Kier alpha value is -0.650. The van der Waals surface area contributed by atoms with Crippen LogP contribution in [0.5, 0.6) is 0 Å². The van der Waals surface area contributed by atoms with Crippen molar-refractivity contribution in [3.8, 4) is 0 Å². The quantitative estimate of drug-likeness (QED) is 0.891. The number of ether oxygens (including phenoxy) is 1. The summed E-state index contributed by atoms with van der Waals surface area (Å²) in [4.78, 5) is 8.00. The van der Waals surface area contributed by atoms with Gasteiger partial charge in [0.15, 0.2) is 5.13 Å². The minimum absolute atomic E-state index is 0.371. The Bertz CT molecular complexity index is 363. The van der Waals surface area contributed by atoms with Crippen LogP contribution in [0, 0.1) is 0 Å². The highest BCUT2D eigenvalue weighted by molar-refractivity contribution is 7.15. The maximum atomic E-state index is 5.77. The topological polar surface area (TPSA) is 37.4 Å². The molecule has 0 aliphatic carbocycles. The molecular weight excluding hydrogens is 246 g/mol. The van der Waals surface area contributed by atoms with Gasteiger partial charge in [0.05, 0.1) is 6.10 Å². The van der Waals surface area contributed by atoms with Crippen molar-refractivity contribution < 1.29 is 4.74 Å². The number of anilines is 1. The lowest BCUT2D eigenvalue weighted by Gasteiger charge is -2.27. The summed E-state index contributed by atoms with van der Waals surface area (Å²) in [5, 5.41) is 4.33. The van der Waals surface area contributed by atoms with Crippen molar-refractivity contribution >= 4 is 16.5 Å². The maximum absolute atomic E-state index is 5.77. The van der Waals surface area contributed by atoms with Gasteiger partial charge >= 0.3 is 0 Å². The second kappa shape index (κ2) is 6.50. The van der Waals surface area contributed by atoms with Crippen LogP contribution < -0.4 is 10.2 Å². The van der Waals surface area contributed by atoms with Gasteiger partial charge in [0.25, 0.3) is 0 Å². The van der Waals surface area contributed by atoms with Crippen molar-refractivity contribution in [2.45, 2.75) is 38.3 Å². The Kier molecular flexibility index (Phi) is 4.97. The molecule has 0 radical (unpaired) electrons. The molecule has 5 heteroatoms. The molecule has 0 bridgehead atoms. The van der Waals surface area contributed by atoms with Gasteiger partial charge in [-0.3, -0.25) is 0 Å². The van der Waals surface area contributed by atoms with Gasteiger partial charge in [-0.1, -0.05) is 0 Å². The molecule has 2 heterocycles. The summed E-state index contributed by atoms with van der Waals surface area (Å²) in [5.41, 5.74) is 0. The highest BCUT2D eigenvalue weighted by atomic mass is 32.1. The van der Waals surface area contributed by atoms with E-state index in [0.29, 0.717) is 12.1 Å². The van der Waals surface area contributed by atoms with Crippen molar-refractivity contribution in [3.05, 3.63) is 11.1 Å². The fraction of sp³-hybridized carbons (Fsp3) is 0.769. The predicted octanol–water partition coefficient (Wildman–Crippen LogP) is 2.43. The largest absolute Gasteiger partial charge is 0.376 e. The predicted molar refractivity (Wildman–Crippen MR) is 76.4 cm³/mol. The third-order valence-corrected chi connectivity index (χ3v) is 4.74. The minimum Gasteiger partial charge on any atom is -0.376 e. The fourth-order valence-electron chi connectivity index (χ4n) is 2.13. The van der Waals surface area contributed by atoms with Crippen LogP contribution in [0.3, 0.4) is 0 Å². The lowest BCUT2D eigenvalue weighted by Crippen LogP contribution is -2.33. The van der Waals surface area contributed by atoms with Gasteiger partial charge in [0.2, 0.25) is 0 Å². The molecule has 1 aromatic rings. The molecule has 1 N–H and O–H groups in total. The summed E-state index contributed by atoms with van der Waals surface area (Å²) in [6.07, 6.45) is 6.02. The van der Waals surface area contributed by atoms with Crippen molar-refractivity contribution in [1.82, 2.24) is 10.3 Å². The number of hydrogen-bond donors (Lipinski definition) is 1. The number of nitrogens with one attached hydrogen (secondary N) is 1. The first-order valence-electron chi connectivity index (χ1n) is 6.66. The van der Waals surface area contributed by atoms with Crippen molar-refractivity contribution in [1.29, 1.82) is 0 Å². The Labute approximate surface area is 113 Å². The van der Waals surface area contributed by atoms with Gasteiger partial charge in [-0.25, -0.2) is 4.98 Å². The third-order valence-electron chi connectivity index (χ3n) is 3.45. The van der Waals surface area contributed by atoms with Crippen LogP contribution in [0.2, 0.25) is 0 Å². The molecule has 1 aliphatic rings. The molecule has 2 rings (SSSR count). The van der Waals surface area contributed by atoms with Gasteiger partial charge in [-0.05, 0) is 33.2 Å². The van der Waals surface area contributed by atoms with Crippen LogP contribution in [-0.4, -0.2) is 38.3 Å². The van der Waals surface area contributed by atoms with Crippen LogP contribution >= 0.6 is 11.3 Å². The summed E-state index contributed by atoms with van der Waals surface area (Å²) >= 11 is 1.76.